The third-order valence-electron chi connectivity index (χ3n) is 4.58. The molecule has 142 valence electrons. The zero-order valence-electron chi connectivity index (χ0n) is 16.0. The first-order valence-electron chi connectivity index (χ1n) is 8.93. The number of rotatable bonds is 6. The summed E-state index contributed by atoms with van der Waals surface area (Å²) in [5, 5.41) is 1.20. The van der Waals surface area contributed by atoms with E-state index in [-0.39, 0.29) is 11.2 Å². The highest BCUT2D eigenvalue weighted by Gasteiger charge is 2.23. The standard InChI is InChI=1S/C20H24N4OS2/c1-5-24(11-15-9-7-6-8-10-15)19(25)14(4)27-20-22-17(21)16-12(2)13(3)26-18(16)23-20/h6-10,14H,5,11H2,1-4H3,(H2,21,22,23). The average Bonchev–Trinajstić information content (AvgIpc) is 2.94. The van der Waals surface area contributed by atoms with E-state index >= 15 is 0 Å². The Morgan fingerprint density at radius 1 is 1.26 bits per heavy atom. The molecule has 27 heavy (non-hydrogen) atoms. The van der Waals surface area contributed by atoms with Gasteiger partial charge in [0.15, 0.2) is 5.16 Å². The van der Waals surface area contributed by atoms with Crippen LogP contribution in [0.5, 0.6) is 0 Å². The highest BCUT2D eigenvalue weighted by Crippen LogP contribution is 2.34. The number of anilines is 1. The van der Waals surface area contributed by atoms with E-state index in [0.717, 1.165) is 21.3 Å². The number of amides is 1. The monoisotopic (exact) mass is 400 g/mol. The van der Waals surface area contributed by atoms with E-state index < -0.39 is 0 Å². The largest absolute Gasteiger partial charge is 0.383 e. The van der Waals surface area contributed by atoms with Crippen LogP contribution < -0.4 is 5.73 Å². The number of hydrogen-bond donors (Lipinski definition) is 1. The van der Waals surface area contributed by atoms with Crippen molar-refractivity contribution in [3.05, 3.63) is 46.3 Å². The van der Waals surface area contributed by atoms with Crippen molar-refractivity contribution < 1.29 is 4.79 Å². The number of thioether (sulfide) groups is 1. The number of nitrogen functional groups attached to an aromatic ring is 1. The van der Waals surface area contributed by atoms with Crippen LogP contribution in [0, 0.1) is 13.8 Å². The Morgan fingerprint density at radius 2 is 1.96 bits per heavy atom. The third-order valence-corrected chi connectivity index (χ3v) is 6.63. The van der Waals surface area contributed by atoms with Crippen molar-refractivity contribution in [2.75, 3.05) is 12.3 Å². The van der Waals surface area contributed by atoms with Gasteiger partial charge in [-0.15, -0.1) is 11.3 Å². The zero-order valence-corrected chi connectivity index (χ0v) is 17.7. The first kappa shape index (κ1) is 19.6. The minimum atomic E-state index is -0.285. The molecule has 0 aliphatic carbocycles. The molecule has 1 amide bonds. The summed E-state index contributed by atoms with van der Waals surface area (Å²) in [7, 11) is 0. The summed E-state index contributed by atoms with van der Waals surface area (Å²) in [6.45, 7) is 9.25. The topological polar surface area (TPSA) is 72.1 Å². The van der Waals surface area contributed by atoms with Crippen LogP contribution in [0.3, 0.4) is 0 Å². The van der Waals surface area contributed by atoms with Crippen LogP contribution in [-0.2, 0) is 11.3 Å². The number of thiophene rings is 1. The van der Waals surface area contributed by atoms with Crippen molar-refractivity contribution in [1.29, 1.82) is 0 Å². The van der Waals surface area contributed by atoms with Gasteiger partial charge in [-0.3, -0.25) is 4.79 Å². The molecule has 5 nitrogen and oxygen atoms in total. The lowest BCUT2D eigenvalue weighted by molar-refractivity contribution is -0.130. The fraction of sp³-hybridized carbons (Fsp3) is 0.350. The minimum absolute atomic E-state index is 0.0761. The fourth-order valence-electron chi connectivity index (χ4n) is 2.93. The second kappa shape index (κ2) is 8.27. The van der Waals surface area contributed by atoms with E-state index in [2.05, 4.69) is 16.9 Å². The Kier molecular flexibility index (Phi) is 6.01. The summed E-state index contributed by atoms with van der Waals surface area (Å²) in [5.74, 6) is 0.563. The molecule has 1 atom stereocenters. The molecule has 3 rings (SSSR count). The van der Waals surface area contributed by atoms with Crippen LogP contribution >= 0.6 is 23.1 Å². The lowest BCUT2D eigenvalue weighted by Crippen LogP contribution is -2.36. The van der Waals surface area contributed by atoms with Gasteiger partial charge >= 0.3 is 0 Å². The van der Waals surface area contributed by atoms with Gasteiger partial charge in [0.25, 0.3) is 0 Å². The Morgan fingerprint density at radius 3 is 2.63 bits per heavy atom. The number of hydrogen-bond acceptors (Lipinski definition) is 6. The Hall–Kier alpha value is -2.12. The average molecular weight is 401 g/mol. The number of aryl methyl sites for hydroxylation is 2. The van der Waals surface area contributed by atoms with Gasteiger partial charge in [-0.2, -0.15) is 0 Å². The first-order chi connectivity index (χ1) is 12.9. The normalized spacial score (nSPS) is 12.3. The van der Waals surface area contributed by atoms with Gasteiger partial charge in [-0.25, -0.2) is 9.97 Å². The van der Waals surface area contributed by atoms with Crippen molar-refractivity contribution in [1.82, 2.24) is 14.9 Å². The molecule has 0 radical (unpaired) electrons. The molecule has 0 fully saturated rings. The molecule has 0 aliphatic heterocycles. The van der Waals surface area contributed by atoms with E-state index in [0.29, 0.717) is 24.1 Å². The maximum Gasteiger partial charge on any atom is 0.236 e. The molecule has 0 bridgehead atoms. The van der Waals surface area contributed by atoms with Crippen molar-refractivity contribution in [3.8, 4) is 0 Å². The van der Waals surface area contributed by atoms with Crippen LogP contribution in [-0.4, -0.2) is 32.6 Å². The molecule has 3 aromatic rings. The van der Waals surface area contributed by atoms with Gasteiger partial charge in [0, 0.05) is 18.0 Å². The minimum Gasteiger partial charge on any atom is -0.383 e. The summed E-state index contributed by atoms with van der Waals surface area (Å²) < 4.78 is 0. The third kappa shape index (κ3) is 4.25. The summed E-state index contributed by atoms with van der Waals surface area (Å²) in [6, 6.07) is 10.0. The van der Waals surface area contributed by atoms with Gasteiger partial charge in [0.05, 0.1) is 10.6 Å². The summed E-state index contributed by atoms with van der Waals surface area (Å²) in [6.07, 6.45) is 0. The Balaban J connectivity index is 1.76. The molecule has 0 saturated heterocycles. The van der Waals surface area contributed by atoms with Gasteiger partial charge in [0.1, 0.15) is 10.6 Å². The van der Waals surface area contributed by atoms with Crippen molar-refractivity contribution in [3.63, 3.8) is 0 Å². The summed E-state index contributed by atoms with van der Waals surface area (Å²) in [5.41, 5.74) is 8.41. The van der Waals surface area contributed by atoms with Gasteiger partial charge in [-0.05, 0) is 38.8 Å². The smallest absolute Gasteiger partial charge is 0.236 e. The molecule has 0 spiro atoms. The molecule has 2 N–H and O–H groups in total. The van der Waals surface area contributed by atoms with Crippen LogP contribution in [0.1, 0.15) is 29.9 Å². The van der Waals surface area contributed by atoms with E-state index in [9.17, 15) is 4.79 Å². The lowest BCUT2D eigenvalue weighted by atomic mass is 10.2. The molecule has 7 heteroatoms. The Labute approximate surface area is 168 Å². The van der Waals surface area contributed by atoms with E-state index in [1.807, 2.05) is 56.0 Å². The van der Waals surface area contributed by atoms with E-state index in [1.165, 1.54) is 16.6 Å². The van der Waals surface area contributed by atoms with Crippen LogP contribution in [0.25, 0.3) is 10.2 Å². The molecule has 1 unspecified atom stereocenters. The van der Waals surface area contributed by atoms with Gasteiger partial charge in [0.2, 0.25) is 5.91 Å². The molecule has 2 aromatic heterocycles. The van der Waals surface area contributed by atoms with Crippen molar-refractivity contribution >= 4 is 45.0 Å². The predicted octanol–water partition coefficient (Wildman–Crippen LogP) is 4.42. The number of fused-ring (bicyclic) bond motifs is 1. The SMILES string of the molecule is CCN(Cc1ccccc1)C(=O)C(C)Sc1nc(N)c2c(C)c(C)sc2n1. The molecule has 2 heterocycles. The number of benzene rings is 1. The Bertz CT molecular complexity index is 956. The van der Waals surface area contributed by atoms with Crippen LogP contribution in [0.2, 0.25) is 0 Å². The van der Waals surface area contributed by atoms with Gasteiger partial charge in [-0.1, -0.05) is 42.1 Å². The number of carbonyl (C=O) groups excluding carboxylic acids is 1. The van der Waals surface area contributed by atoms with Crippen molar-refractivity contribution in [2.24, 2.45) is 0 Å². The second-order valence-corrected chi connectivity index (χ2v) is 8.96. The van der Waals surface area contributed by atoms with Crippen LogP contribution in [0.4, 0.5) is 5.82 Å². The highest BCUT2D eigenvalue weighted by molar-refractivity contribution is 8.00. The van der Waals surface area contributed by atoms with Gasteiger partial charge < -0.3 is 10.6 Å². The zero-order chi connectivity index (χ0) is 19.6. The second-order valence-electron chi connectivity index (χ2n) is 6.45. The van der Waals surface area contributed by atoms with E-state index in [1.54, 1.807) is 11.3 Å². The molecule has 1 aromatic carbocycles. The molecular weight excluding hydrogens is 376 g/mol. The summed E-state index contributed by atoms with van der Waals surface area (Å²) in [4.78, 5) is 25.9. The van der Waals surface area contributed by atoms with Crippen molar-refractivity contribution in [2.45, 2.75) is 44.6 Å². The maximum absolute atomic E-state index is 12.9. The number of carbonyl (C=O) groups is 1. The predicted molar refractivity (Wildman–Crippen MR) is 114 cm³/mol. The fourth-order valence-corrected chi connectivity index (χ4v) is 4.88. The lowest BCUT2D eigenvalue weighted by Gasteiger charge is -2.24. The highest BCUT2D eigenvalue weighted by atomic mass is 32.2. The quantitative estimate of drug-likeness (QED) is 0.490. The number of aromatic nitrogens is 2. The number of nitrogens with two attached hydrogens (primary N) is 1. The summed E-state index contributed by atoms with van der Waals surface area (Å²) >= 11 is 2.98. The first-order valence-corrected chi connectivity index (χ1v) is 10.6. The van der Waals surface area contributed by atoms with Crippen LogP contribution in [0.15, 0.2) is 35.5 Å². The molecular formula is C20H24N4OS2. The molecule has 0 saturated carbocycles. The number of nitrogens with zero attached hydrogens (tertiary/aromatic N) is 3. The molecule has 0 aliphatic rings. The maximum atomic E-state index is 12.9. The van der Waals surface area contributed by atoms with E-state index in [4.69, 9.17) is 5.73 Å².